The largest absolute Gasteiger partial charge is 0.298 e. The van der Waals surface area contributed by atoms with Crippen LogP contribution in [0.4, 0.5) is 4.39 Å². The van der Waals surface area contributed by atoms with Gasteiger partial charge in [0.05, 0.1) is 6.54 Å². The summed E-state index contributed by atoms with van der Waals surface area (Å²) in [5.74, 6) is -0.293. The second-order valence-corrected chi connectivity index (χ2v) is 4.97. The summed E-state index contributed by atoms with van der Waals surface area (Å²) in [7, 11) is 0. The normalized spacial score (nSPS) is 10.8. The summed E-state index contributed by atoms with van der Waals surface area (Å²) in [6, 6.07) is 10.3. The number of ketones is 1. The minimum atomic E-state index is -0.317. The number of benzene rings is 1. The van der Waals surface area contributed by atoms with Crippen molar-refractivity contribution in [2.24, 2.45) is 0 Å². The van der Waals surface area contributed by atoms with Gasteiger partial charge >= 0.3 is 0 Å². The minimum absolute atomic E-state index is 0.0241. The number of pyridine rings is 1. The van der Waals surface area contributed by atoms with Crippen LogP contribution in [-0.2, 0) is 17.8 Å². The zero-order chi connectivity index (χ0) is 15.1. The highest BCUT2D eigenvalue weighted by Crippen LogP contribution is 2.09. The van der Waals surface area contributed by atoms with E-state index in [0.717, 1.165) is 12.1 Å². The van der Waals surface area contributed by atoms with E-state index in [1.807, 2.05) is 24.0 Å². The van der Waals surface area contributed by atoms with Gasteiger partial charge in [-0.1, -0.05) is 25.1 Å². The second-order valence-electron chi connectivity index (χ2n) is 4.97. The summed E-state index contributed by atoms with van der Waals surface area (Å²) in [4.78, 5) is 18.1. The molecule has 3 nitrogen and oxygen atoms in total. The molecule has 0 unspecified atom stereocenters. The van der Waals surface area contributed by atoms with Crippen molar-refractivity contribution in [1.29, 1.82) is 0 Å². The Balaban J connectivity index is 1.92. The van der Waals surface area contributed by atoms with Gasteiger partial charge in [0.25, 0.3) is 0 Å². The molecule has 0 amide bonds. The molecule has 4 heteroatoms. The summed E-state index contributed by atoms with van der Waals surface area (Å²) in [5, 5.41) is 0. The molecule has 1 heterocycles. The average Bonchev–Trinajstić information content (AvgIpc) is 2.50. The third-order valence-electron chi connectivity index (χ3n) is 3.35. The number of rotatable bonds is 7. The summed E-state index contributed by atoms with van der Waals surface area (Å²) in [6.07, 6.45) is 3.62. The van der Waals surface area contributed by atoms with Crippen molar-refractivity contribution >= 4 is 5.78 Å². The van der Waals surface area contributed by atoms with Gasteiger partial charge in [0.15, 0.2) is 5.78 Å². The number of likely N-dealkylation sites (N-methyl/N-ethyl adjacent to an activating group) is 1. The Kier molecular flexibility index (Phi) is 5.58. The third kappa shape index (κ3) is 4.76. The molecule has 0 saturated heterocycles. The first-order valence-corrected chi connectivity index (χ1v) is 7.05. The molecule has 0 aliphatic heterocycles. The Morgan fingerprint density at radius 3 is 2.57 bits per heavy atom. The van der Waals surface area contributed by atoms with E-state index in [1.165, 1.54) is 6.07 Å². The SMILES string of the molecule is CCN(CC(=O)Cc1ccccc1F)Cc1ccncc1. The molecule has 2 aromatic rings. The zero-order valence-corrected chi connectivity index (χ0v) is 12.1. The van der Waals surface area contributed by atoms with Crippen LogP contribution in [0.25, 0.3) is 0 Å². The number of carbonyl (C=O) groups excluding carboxylic acids is 1. The van der Waals surface area contributed by atoms with E-state index in [1.54, 1.807) is 30.6 Å². The molecule has 0 bridgehead atoms. The first-order valence-electron chi connectivity index (χ1n) is 7.05. The van der Waals surface area contributed by atoms with Crippen molar-refractivity contribution in [2.75, 3.05) is 13.1 Å². The van der Waals surface area contributed by atoms with E-state index in [-0.39, 0.29) is 18.0 Å². The maximum Gasteiger partial charge on any atom is 0.151 e. The maximum atomic E-state index is 13.5. The monoisotopic (exact) mass is 286 g/mol. The first-order chi connectivity index (χ1) is 10.2. The number of nitrogens with zero attached hydrogens (tertiary/aromatic N) is 2. The van der Waals surface area contributed by atoms with Crippen molar-refractivity contribution < 1.29 is 9.18 Å². The second kappa shape index (κ2) is 7.64. The summed E-state index contributed by atoms with van der Waals surface area (Å²) in [6.45, 7) is 3.80. The number of halogens is 1. The van der Waals surface area contributed by atoms with Crippen LogP contribution in [0.3, 0.4) is 0 Å². The van der Waals surface area contributed by atoms with Crippen LogP contribution < -0.4 is 0 Å². The molecule has 0 aliphatic rings. The van der Waals surface area contributed by atoms with Gasteiger partial charge < -0.3 is 0 Å². The van der Waals surface area contributed by atoms with Crippen molar-refractivity contribution in [2.45, 2.75) is 19.9 Å². The van der Waals surface area contributed by atoms with Crippen LogP contribution in [-0.4, -0.2) is 28.8 Å². The molecule has 2 rings (SSSR count). The van der Waals surface area contributed by atoms with Gasteiger partial charge in [-0.3, -0.25) is 14.7 Å². The van der Waals surface area contributed by atoms with Crippen LogP contribution in [0.1, 0.15) is 18.1 Å². The smallest absolute Gasteiger partial charge is 0.151 e. The molecule has 0 radical (unpaired) electrons. The maximum absolute atomic E-state index is 13.5. The Bertz CT molecular complexity index is 586. The van der Waals surface area contributed by atoms with E-state index in [9.17, 15) is 9.18 Å². The number of hydrogen-bond acceptors (Lipinski definition) is 3. The van der Waals surface area contributed by atoms with E-state index >= 15 is 0 Å². The lowest BCUT2D eigenvalue weighted by Gasteiger charge is -2.19. The van der Waals surface area contributed by atoms with Crippen molar-refractivity contribution in [3.05, 3.63) is 65.7 Å². The molecule has 1 aromatic carbocycles. The van der Waals surface area contributed by atoms with Crippen LogP contribution in [0, 0.1) is 5.82 Å². The molecule has 110 valence electrons. The number of hydrogen-bond donors (Lipinski definition) is 0. The van der Waals surface area contributed by atoms with E-state index < -0.39 is 0 Å². The predicted octanol–water partition coefficient (Wildman–Crippen LogP) is 2.85. The molecule has 0 saturated carbocycles. The highest BCUT2D eigenvalue weighted by Gasteiger charge is 2.12. The molecule has 0 aliphatic carbocycles. The van der Waals surface area contributed by atoms with E-state index in [0.29, 0.717) is 18.7 Å². The first kappa shape index (κ1) is 15.3. The van der Waals surface area contributed by atoms with Gasteiger partial charge in [-0.2, -0.15) is 0 Å². The molecule has 0 atom stereocenters. The molecule has 0 fully saturated rings. The van der Waals surface area contributed by atoms with Crippen molar-refractivity contribution in [3.8, 4) is 0 Å². The van der Waals surface area contributed by atoms with E-state index in [2.05, 4.69) is 4.98 Å². The third-order valence-corrected chi connectivity index (χ3v) is 3.35. The van der Waals surface area contributed by atoms with Crippen molar-refractivity contribution in [1.82, 2.24) is 9.88 Å². The highest BCUT2D eigenvalue weighted by molar-refractivity contribution is 5.82. The summed E-state index contributed by atoms with van der Waals surface area (Å²) >= 11 is 0. The van der Waals surface area contributed by atoms with E-state index in [4.69, 9.17) is 0 Å². The summed E-state index contributed by atoms with van der Waals surface area (Å²) < 4.78 is 13.5. The molecule has 0 spiro atoms. The molecular weight excluding hydrogens is 267 g/mol. The standard InChI is InChI=1S/C17H19FN2O/c1-2-20(12-14-7-9-19-10-8-14)13-16(21)11-15-5-3-4-6-17(15)18/h3-10H,2,11-13H2,1H3. The fraction of sp³-hybridized carbons (Fsp3) is 0.294. The fourth-order valence-corrected chi connectivity index (χ4v) is 2.19. The molecule has 0 N–H and O–H groups in total. The molecular formula is C17H19FN2O. The lowest BCUT2D eigenvalue weighted by atomic mass is 10.1. The van der Waals surface area contributed by atoms with Gasteiger partial charge in [-0.25, -0.2) is 4.39 Å². The fourth-order valence-electron chi connectivity index (χ4n) is 2.19. The van der Waals surface area contributed by atoms with Gasteiger partial charge in [-0.15, -0.1) is 0 Å². The van der Waals surface area contributed by atoms with Crippen LogP contribution in [0.5, 0.6) is 0 Å². The quantitative estimate of drug-likeness (QED) is 0.784. The number of Topliss-reactive ketones (excluding diaryl/α,β-unsaturated/α-hetero) is 1. The van der Waals surface area contributed by atoms with Gasteiger partial charge in [0, 0.05) is 25.4 Å². The Morgan fingerprint density at radius 1 is 1.19 bits per heavy atom. The Labute approximate surface area is 124 Å². The van der Waals surface area contributed by atoms with Crippen LogP contribution >= 0.6 is 0 Å². The van der Waals surface area contributed by atoms with Gasteiger partial charge in [0.1, 0.15) is 5.82 Å². The molecule has 1 aromatic heterocycles. The number of carbonyl (C=O) groups is 1. The highest BCUT2D eigenvalue weighted by atomic mass is 19.1. The van der Waals surface area contributed by atoms with Crippen LogP contribution in [0.15, 0.2) is 48.8 Å². The lowest BCUT2D eigenvalue weighted by Crippen LogP contribution is -2.30. The number of aromatic nitrogens is 1. The van der Waals surface area contributed by atoms with Gasteiger partial charge in [-0.05, 0) is 35.9 Å². The predicted molar refractivity (Wildman–Crippen MR) is 80.3 cm³/mol. The van der Waals surface area contributed by atoms with Gasteiger partial charge in [0.2, 0.25) is 0 Å². The average molecular weight is 286 g/mol. The van der Waals surface area contributed by atoms with Crippen molar-refractivity contribution in [3.63, 3.8) is 0 Å². The Hall–Kier alpha value is -2.07. The topological polar surface area (TPSA) is 33.2 Å². The minimum Gasteiger partial charge on any atom is -0.298 e. The Morgan fingerprint density at radius 2 is 1.90 bits per heavy atom. The summed E-state index contributed by atoms with van der Waals surface area (Å²) in [5.41, 5.74) is 1.58. The zero-order valence-electron chi connectivity index (χ0n) is 12.1. The lowest BCUT2D eigenvalue weighted by molar-refractivity contribution is -0.119. The van der Waals surface area contributed by atoms with Crippen LogP contribution in [0.2, 0.25) is 0 Å². The molecule has 21 heavy (non-hydrogen) atoms.